The molecule has 0 spiro atoms. The first-order valence-corrected chi connectivity index (χ1v) is 11.7. The average molecular weight is 476 g/mol. The molecule has 0 amide bonds. The van der Waals surface area contributed by atoms with E-state index >= 15 is 0 Å². The number of benzene rings is 1. The summed E-state index contributed by atoms with van der Waals surface area (Å²) in [6.45, 7) is 0.865. The molecule has 3 atom stereocenters. The highest BCUT2D eigenvalue weighted by atomic mass is 35.5. The van der Waals surface area contributed by atoms with Crippen LogP contribution in [-0.2, 0) is 0 Å². The maximum atomic E-state index is 6.47. The van der Waals surface area contributed by atoms with Crippen LogP contribution in [0.5, 0.6) is 11.8 Å². The highest BCUT2D eigenvalue weighted by molar-refractivity contribution is 6.32. The summed E-state index contributed by atoms with van der Waals surface area (Å²) in [6.07, 6.45) is 7.13. The van der Waals surface area contributed by atoms with Gasteiger partial charge in [0.05, 0.1) is 35.2 Å². The molecule has 2 fully saturated rings. The van der Waals surface area contributed by atoms with Gasteiger partial charge in [-0.25, -0.2) is 9.50 Å². The van der Waals surface area contributed by atoms with Crippen molar-refractivity contribution in [3.63, 3.8) is 0 Å². The van der Waals surface area contributed by atoms with Gasteiger partial charge in [-0.1, -0.05) is 11.6 Å². The molecule has 5 aromatic rings. The molecule has 0 radical (unpaired) electrons. The number of rotatable bonds is 4. The molecule has 11 heteroatoms. The van der Waals surface area contributed by atoms with Crippen molar-refractivity contribution >= 4 is 50.7 Å². The Balaban J connectivity index is 1.41. The number of piperidine rings is 1. The zero-order chi connectivity index (χ0) is 23.0. The molecular formula is C23H22ClN9O. The van der Waals surface area contributed by atoms with Crippen molar-refractivity contribution in [1.29, 1.82) is 0 Å². The average Bonchev–Trinajstić information content (AvgIpc) is 3.60. The summed E-state index contributed by atoms with van der Waals surface area (Å²) in [4.78, 5) is 19.8. The van der Waals surface area contributed by atoms with Crippen molar-refractivity contribution in [2.75, 3.05) is 23.8 Å². The summed E-state index contributed by atoms with van der Waals surface area (Å²) in [5.41, 5.74) is 9.59. The Morgan fingerprint density at radius 2 is 2.18 bits per heavy atom. The van der Waals surface area contributed by atoms with E-state index < -0.39 is 0 Å². The molecule has 172 valence electrons. The van der Waals surface area contributed by atoms with E-state index in [1.54, 1.807) is 23.1 Å². The van der Waals surface area contributed by atoms with Crippen LogP contribution < -0.4 is 20.7 Å². The zero-order valence-electron chi connectivity index (χ0n) is 18.4. The Hall–Kier alpha value is -3.63. The molecule has 2 bridgehead atoms. The second kappa shape index (κ2) is 7.18. The van der Waals surface area contributed by atoms with E-state index in [0.717, 1.165) is 52.8 Å². The minimum atomic E-state index is 0.242. The second-order valence-corrected chi connectivity index (χ2v) is 9.47. The standard InChI is InChI=1S/C23H22ClN9O/c1-26-17-6-12(24)5-15-19-21(29-20(15)17)30-23(34-14-8-27-18-2-3-28-33(18)10-14)31-22(19)32-9-11-4-13(32)7-16(11)25/h2-3,5-6,8,10-11,13,16,26H,4,7,9,25H2,1H3,(H,29,30,31). The number of nitrogens with one attached hydrogen (secondary N) is 2. The molecule has 1 aliphatic heterocycles. The molecule has 4 N–H and O–H groups in total. The summed E-state index contributed by atoms with van der Waals surface area (Å²) in [5.74, 6) is 1.80. The number of aromatic amines is 1. The zero-order valence-corrected chi connectivity index (χ0v) is 19.1. The Morgan fingerprint density at radius 1 is 1.26 bits per heavy atom. The summed E-state index contributed by atoms with van der Waals surface area (Å²) < 4.78 is 7.74. The molecule has 1 aromatic carbocycles. The molecule has 1 saturated heterocycles. The van der Waals surface area contributed by atoms with E-state index in [1.807, 2.05) is 25.2 Å². The first kappa shape index (κ1) is 19.8. The molecule has 5 heterocycles. The van der Waals surface area contributed by atoms with E-state index in [1.165, 1.54) is 0 Å². The van der Waals surface area contributed by atoms with Crippen LogP contribution in [0, 0.1) is 5.92 Å². The number of aromatic nitrogens is 6. The Kier molecular flexibility index (Phi) is 4.18. The van der Waals surface area contributed by atoms with Gasteiger partial charge in [-0.15, -0.1) is 0 Å². The van der Waals surface area contributed by atoms with E-state index in [0.29, 0.717) is 28.4 Å². The second-order valence-electron chi connectivity index (χ2n) is 9.03. The van der Waals surface area contributed by atoms with Gasteiger partial charge in [0, 0.05) is 42.2 Å². The SMILES string of the molecule is CNc1cc(Cl)cc2c1[nH]c1nc(Oc3cnc4ccnn4c3)nc(N3CC4CC3CC4N)c12. The smallest absolute Gasteiger partial charge is 0.326 e. The third-order valence-corrected chi connectivity index (χ3v) is 7.27. The predicted molar refractivity (Wildman–Crippen MR) is 131 cm³/mol. The lowest BCUT2D eigenvalue weighted by Gasteiger charge is -2.31. The first-order chi connectivity index (χ1) is 16.6. The maximum Gasteiger partial charge on any atom is 0.326 e. The lowest BCUT2D eigenvalue weighted by molar-refractivity contribution is 0.435. The van der Waals surface area contributed by atoms with Crippen molar-refractivity contribution in [3.8, 4) is 11.8 Å². The summed E-state index contributed by atoms with van der Waals surface area (Å²) in [6, 6.07) is 6.51. The molecule has 3 unspecified atom stereocenters. The van der Waals surface area contributed by atoms with Crippen molar-refractivity contribution in [2.45, 2.75) is 24.9 Å². The van der Waals surface area contributed by atoms with Crippen LogP contribution in [0.25, 0.3) is 27.6 Å². The molecule has 1 saturated carbocycles. The van der Waals surface area contributed by atoms with Crippen LogP contribution in [0.2, 0.25) is 5.02 Å². The number of anilines is 2. The summed E-state index contributed by atoms with van der Waals surface area (Å²) in [7, 11) is 1.87. The summed E-state index contributed by atoms with van der Waals surface area (Å²) >= 11 is 6.47. The number of fused-ring (bicyclic) bond motifs is 6. The fraction of sp³-hybridized carbons (Fsp3) is 0.304. The van der Waals surface area contributed by atoms with Gasteiger partial charge in [-0.05, 0) is 30.9 Å². The number of H-pyrrole nitrogens is 1. The maximum absolute atomic E-state index is 6.47. The van der Waals surface area contributed by atoms with Crippen LogP contribution in [0.15, 0.2) is 36.8 Å². The number of ether oxygens (including phenoxy) is 1. The van der Waals surface area contributed by atoms with Gasteiger partial charge in [0.15, 0.2) is 11.4 Å². The van der Waals surface area contributed by atoms with E-state index in [2.05, 4.69) is 25.3 Å². The van der Waals surface area contributed by atoms with Crippen molar-refractivity contribution < 1.29 is 4.74 Å². The molecular weight excluding hydrogens is 454 g/mol. The molecule has 10 nitrogen and oxygen atoms in total. The summed E-state index contributed by atoms with van der Waals surface area (Å²) in [5, 5.41) is 10.00. The number of nitrogens with two attached hydrogens (primary N) is 1. The van der Waals surface area contributed by atoms with Gasteiger partial charge in [-0.2, -0.15) is 15.1 Å². The van der Waals surface area contributed by atoms with Gasteiger partial charge < -0.3 is 25.7 Å². The molecule has 2 aliphatic rings. The highest BCUT2D eigenvalue weighted by Gasteiger charge is 2.44. The van der Waals surface area contributed by atoms with Crippen LogP contribution in [-0.4, -0.2) is 55.2 Å². The van der Waals surface area contributed by atoms with Crippen LogP contribution >= 0.6 is 11.6 Å². The van der Waals surface area contributed by atoms with Crippen LogP contribution in [0.3, 0.4) is 0 Å². The topological polar surface area (TPSA) is 122 Å². The quantitative estimate of drug-likeness (QED) is 0.360. The first-order valence-electron chi connectivity index (χ1n) is 11.3. The number of nitrogens with zero attached hydrogens (tertiary/aromatic N) is 6. The van der Waals surface area contributed by atoms with E-state index in [4.69, 9.17) is 32.0 Å². The molecule has 4 aromatic heterocycles. The Bertz CT molecular complexity index is 1580. The van der Waals surface area contributed by atoms with Crippen molar-refractivity contribution in [1.82, 2.24) is 29.5 Å². The van der Waals surface area contributed by atoms with Gasteiger partial charge in [0.25, 0.3) is 0 Å². The van der Waals surface area contributed by atoms with Gasteiger partial charge in [-0.3, -0.25) is 0 Å². The molecule has 34 heavy (non-hydrogen) atoms. The van der Waals surface area contributed by atoms with Crippen molar-refractivity contribution in [3.05, 3.63) is 41.8 Å². The predicted octanol–water partition coefficient (Wildman–Crippen LogP) is 3.57. The van der Waals surface area contributed by atoms with Crippen LogP contribution in [0.4, 0.5) is 11.5 Å². The largest absolute Gasteiger partial charge is 0.421 e. The van der Waals surface area contributed by atoms with Gasteiger partial charge in [0.1, 0.15) is 11.5 Å². The lowest BCUT2D eigenvalue weighted by atomic mass is 10.0. The fourth-order valence-electron chi connectivity index (χ4n) is 5.48. The van der Waals surface area contributed by atoms with E-state index in [9.17, 15) is 0 Å². The fourth-order valence-corrected chi connectivity index (χ4v) is 5.70. The monoisotopic (exact) mass is 475 g/mol. The van der Waals surface area contributed by atoms with Crippen LogP contribution in [0.1, 0.15) is 12.8 Å². The minimum Gasteiger partial charge on any atom is -0.421 e. The number of hydrogen-bond donors (Lipinski definition) is 3. The Labute approximate surface area is 199 Å². The number of halogens is 1. The third kappa shape index (κ3) is 2.92. The van der Waals surface area contributed by atoms with E-state index in [-0.39, 0.29) is 12.1 Å². The van der Waals surface area contributed by atoms with Crippen molar-refractivity contribution in [2.24, 2.45) is 11.7 Å². The minimum absolute atomic E-state index is 0.242. The Morgan fingerprint density at radius 3 is 2.97 bits per heavy atom. The number of hydrogen-bond acceptors (Lipinski definition) is 8. The third-order valence-electron chi connectivity index (χ3n) is 7.06. The molecule has 1 aliphatic carbocycles. The highest BCUT2D eigenvalue weighted by Crippen LogP contribution is 2.44. The van der Waals surface area contributed by atoms with Gasteiger partial charge >= 0.3 is 6.01 Å². The molecule has 7 rings (SSSR count). The lowest BCUT2D eigenvalue weighted by Crippen LogP contribution is -2.41. The van der Waals surface area contributed by atoms with Gasteiger partial charge in [0.2, 0.25) is 0 Å². The normalized spacial score (nSPS) is 21.9.